The molecule has 0 aliphatic carbocycles. The first-order chi connectivity index (χ1) is 9.58. The molecule has 0 spiro atoms. The molecule has 0 bridgehead atoms. The molecule has 0 saturated heterocycles. The van der Waals surface area contributed by atoms with Crippen molar-refractivity contribution in [2.24, 2.45) is 7.05 Å². The van der Waals surface area contributed by atoms with E-state index in [0.717, 1.165) is 33.7 Å². The van der Waals surface area contributed by atoms with Gasteiger partial charge in [-0.3, -0.25) is 0 Å². The molecule has 0 fully saturated rings. The lowest BCUT2D eigenvalue weighted by Gasteiger charge is -2.06. The van der Waals surface area contributed by atoms with Crippen LogP contribution in [-0.4, -0.2) is 9.78 Å². The van der Waals surface area contributed by atoms with Crippen LogP contribution in [0.4, 0.5) is 0 Å². The molecule has 0 unspecified atom stereocenters. The smallest absolute Gasteiger partial charge is 0.215 e. The summed E-state index contributed by atoms with van der Waals surface area (Å²) >= 11 is 6.15. The number of rotatable bonds is 3. The van der Waals surface area contributed by atoms with Gasteiger partial charge in [-0.25, -0.2) is 4.68 Å². The fourth-order valence-electron chi connectivity index (χ4n) is 2.29. The molecule has 2 aromatic heterocycles. The highest BCUT2D eigenvalue weighted by Crippen LogP contribution is 2.31. The van der Waals surface area contributed by atoms with E-state index in [1.807, 2.05) is 45.2 Å². The molecule has 4 nitrogen and oxygen atoms in total. The third kappa shape index (κ3) is 2.06. The first-order valence-electron chi connectivity index (χ1n) is 6.37. The fourth-order valence-corrected chi connectivity index (χ4v) is 2.53. The van der Waals surface area contributed by atoms with Crippen LogP contribution in [0.5, 0.6) is 5.88 Å². The van der Waals surface area contributed by atoms with Gasteiger partial charge in [-0.2, -0.15) is 5.10 Å². The molecule has 0 aliphatic heterocycles. The van der Waals surface area contributed by atoms with Gasteiger partial charge in [-0.05, 0) is 31.5 Å². The summed E-state index contributed by atoms with van der Waals surface area (Å²) in [6.07, 6.45) is 0. The van der Waals surface area contributed by atoms with Crippen LogP contribution in [0.15, 0.2) is 28.7 Å². The number of para-hydroxylation sites is 1. The molecular weight excluding hydrogens is 276 g/mol. The molecule has 0 aliphatic rings. The van der Waals surface area contributed by atoms with E-state index in [-0.39, 0.29) is 0 Å². The molecule has 3 aromatic rings. The number of aromatic nitrogens is 2. The summed E-state index contributed by atoms with van der Waals surface area (Å²) < 4.78 is 13.1. The van der Waals surface area contributed by atoms with Gasteiger partial charge in [0, 0.05) is 18.0 Å². The van der Waals surface area contributed by atoms with E-state index in [9.17, 15) is 0 Å². The van der Waals surface area contributed by atoms with Crippen LogP contribution in [0, 0.1) is 13.8 Å². The summed E-state index contributed by atoms with van der Waals surface area (Å²) in [5.74, 6) is 0.754. The highest BCUT2D eigenvalue weighted by atomic mass is 35.5. The molecule has 0 radical (unpaired) electrons. The summed E-state index contributed by atoms with van der Waals surface area (Å²) in [5, 5.41) is 5.69. The normalized spacial score (nSPS) is 11.2. The van der Waals surface area contributed by atoms with Crippen molar-refractivity contribution >= 4 is 22.6 Å². The summed E-state index contributed by atoms with van der Waals surface area (Å²) in [6.45, 7) is 4.31. The Morgan fingerprint density at radius 2 is 2.05 bits per heavy atom. The lowest BCUT2D eigenvalue weighted by Crippen LogP contribution is -2.01. The minimum atomic E-state index is 0.357. The molecule has 0 amide bonds. The lowest BCUT2D eigenvalue weighted by molar-refractivity contribution is 0.277. The number of furan rings is 1. The second-order valence-corrected chi connectivity index (χ2v) is 5.12. The second kappa shape index (κ2) is 4.87. The van der Waals surface area contributed by atoms with E-state index in [2.05, 4.69) is 5.10 Å². The fraction of sp³-hybridized carbons (Fsp3) is 0.267. The topological polar surface area (TPSA) is 40.2 Å². The minimum Gasteiger partial charge on any atom is -0.473 e. The molecule has 3 rings (SSSR count). The van der Waals surface area contributed by atoms with Gasteiger partial charge in [0.15, 0.2) is 0 Å². The first-order valence-corrected chi connectivity index (χ1v) is 6.74. The predicted octanol–water partition coefficient (Wildman–Crippen LogP) is 4.02. The van der Waals surface area contributed by atoms with Crippen LogP contribution in [0.25, 0.3) is 11.0 Å². The number of hydrogen-bond acceptors (Lipinski definition) is 3. The maximum absolute atomic E-state index is 6.15. The Kier molecular flexibility index (Phi) is 3.18. The number of fused-ring (bicyclic) bond motifs is 1. The van der Waals surface area contributed by atoms with E-state index >= 15 is 0 Å². The van der Waals surface area contributed by atoms with Crippen LogP contribution in [0.1, 0.15) is 16.8 Å². The Balaban J connectivity index is 1.92. The third-order valence-electron chi connectivity index (χ3n) is 3.46. The van der Waals surface area contributed by atoms with Crippen molar-refractivity contribution in [1.29, 1.82) is 0 Å². The highest BCUT2D eigenvalue weighted by Gasteiger charge is 2.15. The zero-order valence-electron chi connectivity index (χ0n) is 11.6. The largest absolute Gasteiger partial charge is 0.473 e. The molecule has 0 saturated carbocycles. The lowest BCUT2D eigenvalue weighted by atomic mass is 10.2. The number of halogens is 1. The average molecular weight is 291 g/mol. The first kappa shape index (κ1) is 13.1. The number of ether oxygens (including phenoxy) is 1. The van der Waals surface area contributed by atoms with E-state index < -0.39 is 0 Å². The highest BCUT2D eigenvalue weighted by molar-refractivity contribution is 6.30. The molecule has 5 heteroatoms. The van der Waals surface area contributed by atoms with Crippen molar-refractivity contribution in [3.05, 3.63) is 46.3 Å². The van der Waals surface area contributed by atoms with Crippen LogP contribution >= 0.6 is 11.6 Å². The average Bonchev–Trinajstić information content (AvgIpc) is 2.86. The SMILES string of the molecule is Cc1nn(C)c(OCc2c(Cl)oc3ccccc23)c1C. The maximum Gasteiger partial charge on any atom is 0.215 e. The Morgan fingerprint density at radius 3 is 2.75 bits per heavy atom. The number of nitrogens with zero attached hydrogens (tertiary/aromatic N) is 2. The van der Waals surface area contributed by atoms with Crippen molar-refractivity contribution < 1.29 is 9.15 Å². The molecular formula is C15H15ClN2O2. The van der Waals surface area contributed by atoms with Crippen LogP contribution in [0.2, 0.25) is 5.22 Å². The quantitative estimate of drug-likeness (QED) is 0.731. The van der Waals surface area contributed by atoms with E-state index in [0.29, 0.717) is 11.8 Å². The van der Waals surface area contributed by atoms with Crippen molar-refractivity contribution in [1.82, 2.24) is 9.78 Å². The van der Waals surface area contributed by atoms with Gasteiger partial charge < -0.3 is 9.15 Å². The van der Waals surface area contributed by atoms with Gasteiger partial charge >= 0.3 is 0 Å². The number of aryl methyl sites for hydroxylation is 2. The van der Waals surface area contributed by atoms with Crippen molar-refractivity contribution in [2.45, 2.75) is 20.5 Å². The minimum absolute atomic E-state index is 0.357. The van der Waals surface area contributed by atoms with Gasteiger partial charge in [0.05, 0.1) is 11.3 Å². The molecule has 20 heavy (non-hydrogen) atoms. The molecule has 104 valence electrons. The third-order valence-corrected chi connectivity index (χ3v) is 3.76. The number of hydrogen-bond donors (Lipinski definition) is 0. The molecule has 2 heterocycles. The summed E-state index contributed by atoms with van der Waals surface area (Å²) in [7, 11) is 1.87. The maximum atomic E-state index is 6.15. The standard InChI is InChI=1S/C15H15ClN2O2/c1-9-10(2)17-18(3)15(9)19-8-12-11-6-4-5-7-13(11)20-14(12)16/h4-7H,8H2,1-3H3. The Morgan fingerprint density at radius 1 is 1.30 bits per heavy atom. The van der Waals surface area contributed by atoms with Gasteiger partial charge in [0.25, 0.3) is 0 Å². The van der Waals surface area contributed by atoms with E-state index in [1.54, 1.807) is 4.68 Å². The van der Waals surface area contributed by atoms with E-state index in [4.69, 9.17) is 20.8 Å². The van der Waals surface area contributed by atoms with Gasteiger partial charge in [0.2, 0.25) is 11.1 Å². The Labute approximate surface area is 121 Å². The van der Waals surface area contributed by atoms with Gasteiger partial charge in [-0.15, -0.1) is 0 Å². The molecule has 1 aromatic carbocycles. The van der Waals surface area contributed by atoms with Crippen molar-refractivity contribution in [3.8, 4) is 5.88 Å². The van der Waals surface area contributed by atoms with Gasteiger partial charge in [-0.1, -0.05) is 18.2 Å². The zero-order valence-corrected chi connectivity index (χ0v) is 12.4. The summed E-state index contributed by atoms with van der Waals surface area (Å²) in [5.41, 5.74) is 3.64. The number of benzene rings is 1. The second-order valence-electron chi connectivity index (χ2n) is 4.78. The van der Waals surface area contributed by atoms with E-state index in [1.165, 1.54) is 0 Å². The Hall–Kier alpha value is -1.94. The Bertz CT molecular complexity index is 774. The molecule has 0 N–H and O–H groups in total. The van der Waals surface area contributed by atoms with Crippen LogP contribution in [-0.2, 0) is 13.7 Å². The summed E-state index contributed by atoms with van der Waals surface area (Å²) in [4.78, 5) is 0. The predicted molar refractivity (Wildman–Crippen MR) is 78.2 cm³/mol. The summed E-state index contributed by atoms with van der Waals surface area (Å²) in [6, 6.07) is 7.74. The monoisotopic (exact) mass is 290 g/mol. The zero-order chi connectivity index (χ0) is 14.3. The van der Waals surface area contributed by atoms with Crippen LogP contribution in [0.3, 0.4) is 0 Å². The van der Waals surface area contributed by atoms with Crippen LogP contribution < -0.4 is 4.74 Å². The van der Waals surface area contributed by atoms with Crippen molar-refractivity contribution in [2.75, 3.05) is 0 Å². The van der Waals surface area contributed by atoms with Gasteiger partial charge in [0.1, 0.15) is 12.2 Å². The molecule has 0 atom stereocenters. The van der Waals surface area contributed by atoms with Crippen molar-refractivity contribution in [3.63, 3.8) is 0 Å².